The van der Waals surface area contributed by atoms with Gasteiger partial charge >= 0.3 is 0 Å². The number of anilines is 1. The van der Waals surface area contributed by atoms with E-state index in [1.54, 1.807) is 6.20 Å². The van der Waals surface area contributed by atoms with E-state index in [1.807, 2.05) is 48.7 Å². The molecule has 1 atom stereocenters. The molecule has 0 radical (unpaired) electrons. The molecule has 2 N–H and O–H groups in total. The number of pyridine rings is 2. The maximum absolute atomic E-state index is 6.09. The highest BCUT2D eigenvalue weighted by Crippen LogP contribution is 2.29. The van der Waals surface area contributed by atoms with Crippen LogP contribution in [0, 0.1) is 0 Å². The van der Waals surface area contributed by atoms with Crippen molar-refractivity contribution in [3.63, 3.8) is 0 Å². The molecule has 3 aromatic heterocycles. The minimum absolute atomic E-state index is 0.169. The van der Waals surface area contributed by atoms with Gasteiger partial charge in [-0.05, 0) is 30.7 Å². The first-order valence-corrected chi connectivity index (χ1v) is 8.50. The van der Waals surface area contributed by atoms with Crippen LogP contribution < -0.4 is 5.32 Å². The summed E-state index contributed by atoms with van der Waals surface area (Å²) < 4.78 is 0. The van der Waals surface area contributed by atoms with Crippen molar-refractivity contribution in [2.75, 3.05) is 5.32 Å². The molecule has 0 bridgehead atoms. The lowest BCUT2D eigenvalue weighted by Gasteiger charge is -2.15. The number of rotatable bonds is 4. The molecule has 0 amide bonds. The van der Waals surface area contributed by atoms with Gasteiger partial charge in [-0.25, -0.2) is 9.97 Å². The van der Waals surface area contributed by atoms with Crippen LogP contribution in [0.3, 0.4) is 0 Å². The molecule has 124 valence electrons. The maximum atomic E-state index is 6.09. The number of fused-ring (bicyclic) bond motifs is 1. The summed E-state index contributed by atoms with van der Waals surface area (Å²) in [7, 11) is 0. The smallest absolute Gasteiger partial charge is 0.138 e. The SMILES string of the molecule is C[C@@H](Nc1cccc(-c2c[nH]c3ncc(Cl)cc23)n1)c1ccccc1. The van der Waals surface area contributed by atoms with E-state index in [2.05, 4.69) is 34.3 Å². The molecule has 0 spiro atoms. The Morgan fingerprint density at radius 1 is 1.08 bits per heavy atom. The minimum Gasteiger partial charge on any atom is -0.364 e. The van der Waals surface area contributed by atoms with Gasteiger partial charge in [0.2, 0.25) is 0 Å². The fourth-order valence-electron chi connectivity index (χ4n) is 2.90. The van der Waals surface area contributed by atoms with Gasteiger partial charge in [0.1, 0.15) is 11.5 Å². The highest BCUT2D eigenvalue weighted by molar-refractivity contribution is 6.31. The van der Waals surface area contributed by atoms with Crippen LogP contribution in [0.4, 0.5) is 5.82 Å². The van der Waals surface area contributed by atoms with Crippen LogP contribution in [0.5, 0.6) is 0 Å². The Kier molecular flexibility index (Phi) is 4.12. The van der Waals surface area contributed by atoms with Crippen molar-refractivity contribution in [1.29, 1.82) is 0 Å². The number of nitrogens with zero attached hydrogens (tertiary/aromatic N) is 2. The van der Waals surface area contributed by atoms with Crippen LogP contribution in [-0.2, 0) is 0 Å². The first-order chi connectivity index (χ1) is 12.2. The molecule has 3 heterocycles. The quantitative estimate of drug-likeness (QED) is 0.515. The number of hydrogen-bond acceptors (Lipinski definition) is 3. The van der Waals surface area contributed by atoms with Crippen LogP contribution in [-0.4, -0.2) is 15.0 Å². The van der Waals surface area contributed by atoms with E-state index in [0.717, 1.165) is 28.1 Å². The third-order valence-corrected chi connectivity index (χ3v) is 4.39. The summed E-state index contributed by atoms with van der Waals surface area (Å²) in [5, 5.41) is 5.03. The number of aromatic amines is 1. The first kappa shape index (κ1) is 15.7. The average molecular weight is 349 g/mol. The van der Waals surface area contributed by atoms with Crippen molar-refractivity contribution in [1.82, 2.24) is 15.0 Å². The Labute approximate surface area is 150 Å². The highest BCUT2D eigenvalue weighted by atomic mass is 35.5. The predicted molar refractivity (Wildman–Crippen MR) is 103 cm³/mol. The van der Waals surface area contributed by atoms with E-state index in [1.165, 1.54) is 5.56 Å². The fourth-order valence-corrected chi connectivity index (χ4v) is 3.06. The zero-order valence-electron chi connectivity index (χ0n) is 13.7. The molecule has 0 fully saturated rings. The standard InChI is InChI=1S/C20H17ClN4/c1-13(14-6-3-2-4-7-14)24-19-9-5-8-18(25-19)17-12-23-20-16(17)10-15(21)11-22-20/h2-13H,1H3,(H,22,23)(H,24,25)/t13-/m1/s1. The second-order valence-corrected chi connectivity index (χ2v) is 6.37. The van der Waals surface area contributed by atoms with Crippen molar-refractivity contribution in [3.05, 3.63) is 77.6 Å². The summed E-state index contributed by atoms with van der Waals surface area (Å²) >= 11 is 6.09. The average Bonchev–Trinajstić information content (AvgIpc) is 3.05. The van der Waals surface area contributed by atoms with Gasteiger partial charge in [-0.15, -0.1) is 0 Å². The second-order valence-electron chi connectivity index (χ2n) is 5.94. The van der Waals surface area contributed by atoms with Crippen molar-refractivity contribution < 1.29 is 0 Å². The fraction of sp³-hybridized carbons (Fsp3) is 0.100. The monoisotopic (exact) mass is 348 g/mol. The molecule has 1 aromatic carbocycles. The molecule has 0 saturated heterocycles. The Balaban J connectivity index is 1.66. The molecular weight excluding hydrogens is 332 g/mol. The lowest BCUT2D eigenvalue weighted by Crippen LogP contribution is -2.07. The molecule has 25 heavy (non-hydrogen) atoms. The maximum Gasteiger partial charge on any atom is 0.138 e. The Hall–Kier alpha value is -2.85. The molecule has 4 nitrogen and oxygen atoms in total. The number of benzene rings is 1. The summed E-state index contributed by atoms with van der Waals surface area (Å²) in [6.07, 6.45) is 3.55. The van der Waals surface area contributed by atoms with Gasteiger partial charge in [-0.1, -0.05) is 48.0 Å². The summed E-state index contributed by atoms with van der Waals surface area (Å²) in [5.74, 6) is 0.832. The zero-order valence-corrected chi connectivity index (χ0v) is 14.5. The summed E-state index contributed by atoms with van der Waals surface area (Å²) in [5.41, 5.74) is 3.89. The number of halogens is 1. The molecule has 0 saturated carbocycles. The van der Waals surface area contributed by atoms with E-state index >= 15 is 0 Å². The van der Waals surface area contributed by atoms with Gasteiger partial charge < -0.3 is 10.3 Å². The molecule has 0 aliphatic rings. The van der Waals surface area contributed by atoms with Gasteiger partial charge in [0.25, 0.3) is 0 Å². The van der Waals surface area contributed by atoms with Crippen molar-refractivity contribution >= 4 is 28.5 Å². The Bertz CT molecular complexity index is 1010. The van der Waals surface area contributed by atoms with Gasteiger partial charge in [0.15, 0.2) is 0 Å². The van der Waals surface area contributed by atoms with Crippen LogP contribution in [0.2, 0.25) is 5.02 Å². The van der Waals surface area contributed by atoms with Crippen molar-refractivity contribution in [2.24, 2.45) is 0 Å². The third kappa shape index (κ3) is 3.21. The van der Waals surface area contributed by atoms with Crippen LogP contribution >= 0.6 is 11.6 Å². The summed E-state index contributed by atoms with van der Waals surface area (Å²) in [6, 6.07) is 18.4. The Morgan fingerprint density at radius 3 is 2.76 bits per heavy atom. The summed E-state index contributed by atoms with van der Waals surface area (Å²) in [4.78, 5) is 12.2. The van der Waals surface area contributed by atoms with E-state index in [4.69, 9.17) is 16.6 Å². The number of aromatic nitrogens is 3. The van der Waals surface area contributed by atoms with E-state index in [-0.39, 0.29) is 6.04 Å². The van der Waals surface area contributed by atoms with Crippen LogP contribution in [0.15, 0.2) is 67.0 Å². The molecular formula is C20H17ClN4. The lowest BCUT2D eigenvalue weighted by atomic mass is 10.1. The van der Waals surface area contributed by atoms with Gasteiger partial charge in [0.05, 0.1) is 10.7 Å². The number of H-pyrrole nitrogens is 1. The molecule has 4 rings (SSSR count). The van der Waals surface area contributed by atoms with Crippen molar-refractivity contribution in [3.8, 4) is 11.3 Å². The molecule has 0 aliphatic heterocycles. The third-order valence-electron chi connectivity index (χ3n) is 4.19. The molecule has 0 aliphatic carbocycles. The van der Waals surface area contributed by atoms with Crippen LogP contribution in [0.1, 0.15) is 18.5 Å². The summed E-state index contributed by atoms with van der Waals surface area (Å²) in [6.45, 7) is 2.12. The van der Waals surface area contributed by atoms with E-state index in [9.17, 15) is 0 Å². The van der Waals surface area contributed by atoms with Crippen molar-refractivity contribution in [2.45, 2.75) is 13.0 Å². The number of nitrogens with one attached hydrogen (secondary N) is 2. The van der Waals surface area contributed by atoms with E-state index < -0.39 is 0 Å². The number of hydrogen-bond donors (Lipinski definition) is 2. The lowest BCUT2D eigenvalue weighted by molar-refractivity contribution is 0.875. The zero-order chi connectivity index (χ0) is 17.2. The highest BCUT2D eigenvalue weighted by Gasteiger charge is 2.11. The molecule has 5 heteroatoms. The predicted octanol–water partition coefficient (Wildman–Crippen LogP) is 5.45. The normalized spacial score (nSPS) is 12.2. The minimum atomic E-state index is 0.169. The van der Waals surface area contributed by atoms with Gasteiger partial charge in [0, 0.05) is 29.4 Å². The Morgan fingerprint density at radius 2 is 1.92 bits per heavy atom. The largest absolute Gasteiger partial charge is 0.364 e. The topological polar surface area (TPSA) is 53.6 Å². The molecule has 0 unspecified atom stereocenters. The second kappa shape index (κ2) is 6.57. The van der Waals surface area contributed by atoms with E-state index in [0.29, 0.717) is 5.02 Å². The molecule has 4 aromatic rings. The van der Waals surface area contributed by atoms with Crippen LogP contribution in [0.25, 0.3) is 22.3 Å². The first-order valence-electron chi connectivity index (χ1n) is 8.12. The van der Waals surface area contributed by atoms with Gasteiger partial charge in [-0.3, -0.25) is 0 Å². The van der Waals surface area contributed by atoms with Gasteiger partial charge in [-0.2, -0.15) is 0 Å².